The van der Waals surface area contributed by atoms with Crippen LogP contribution >= 0.6 is 0 Å². The minimum absolute atomic E-state index is 0.0783. The van der Waals surface area contributed by atoms with Gasteiger partial charge in [-0.15, -0.1) is 0 Å². The lowest BCUT2D eigenvalue weighted by Crippen LogP contribution is -2.47. The molecular formula is C18H24N2O2. The average molecular weight is 300 g/mol. The van der Waals surface area contributed by atoms with Crippen molar-refractivity contribution in [3.05, 3.63) is 29.8 Å². The third kappa shape index (κ3) is 2.87. The normalized spacial score (nSPS) is 21.0. The molecule has 1 saturated carbocycles. The van der Waals surface area contributed by atoms with Crippen molar-refractivity contribution in [2.45, 2.75) is 51.0 Å². The van der Waals surface area contributed by atoms with Gasteiger partial charge in [-0.3, -0.25) is 14.5 Å². The van der Waals surface area contributed by atoms with Crippen LogP contribution in [0.3, 0.4) is 0 Å². The number of nitrogens with one attached hydrogen (secondary N) is 1. The van der Waals surface area contributed by atoms with Crippen LogP contribution in [0.5, 0.6) is 0 Å². The summed E-state index contributed by atoms with van der Waals surface area (Å²) < 4.78 is 0. The van der Waals surface area contributed by atoms with Gasteiger partial charge in [-0.25, -0.2) is 0 Å². The van der Waals surface area contributed by atoms with Gasteiger partial charge in [0, 0.05) is 25.6 Å². The van der Waals surface area contributed by atoms with Crippen molar-refractivity contribution in [3.8, 4) is 0 Å². The summed E-state index contributed by atoms with van der Waals surface area (Å²) in [6, 6.07) is 7.47. The molecule has 1 aliphatic heterocycles. The molecule has 2 aliphatic rings. The molecule has 1 aromatic rings. The molecule has 1 aliphatic carbocycles. The summed E-state index contributed by atoms with van der Waals surface area (Å²) in [5.41, 5.74) is 2.00. The van der Waals surface area contributed by atoms with E-state index in [0.717, 1.165) is 17.7 Å². The molecule has 0 aromatic heterocycles. The maximum atomic E-state index is 12.7. The summed E-state index contributed by atoms with van der Waals surface area (Å²) in [6.07, 6.45) is 7.22. The largest absolute Gasteiger partial charge is 0.357 e. The molecule has 0 spiro atoms. The van der Waals surface area contributed by atoms with Gasteiger partial charge in [0.2, 0.25) is 11.8 Å². The zero-order valence-electron chi connectivity index (χ0n) is 13.2. The standard InChI is InChI=1S/C18H24N2O2/c1-19-18(22)16-12-14-8-4-5-9-15(14)20(16)17(21)11-10-13-6-2-3-7-13/h4-5,8-9,13,16H,2-3,6-7,10-12H2,1H3,(H,19,22)/t16-/m0/s1. The Kier molecular flexibility index (Phi) is 4.46. The molecule has 0 saturated heterocycles. The highest BCUT2D eigenvalue weighted by Crippen LogP contribution is 2.34. The van der Waals surface area contributed by atoms with Gasteiger partial charge in [0.1, 0.15) is 6.04 Å². The Bertz CT molecular complexity index is 564. The number of likely N-dealkylation sites (N-methyl/N-ethyl adjacent to an activating group) is 1. The van der Waals surface area contributed by atoms with E-state index in [2.05, 4.69) is 5.32 Å². The van der Waals surface area contributed by atoms with Crippen molar-refractivity contribution in [2.24, 2.45) is 5.92 Å². The predicted octanol–water partition coefficient (Wildman–Crippen LogP) is 2.66. The van der Waals surface area contributed by atoms with Gasteiger partial charge in [-0.05, 0) is 24.0 Å². The second kappa shape index (κ2) is 6.51. The zero-order chi connectivity index (χ0) is 15.5. The number of benzene rings is 1. The fourth-order valence-electron chi connectivity index (χ4n) is 3.82. The first-order valence-corrected chi connectivity index (χ1v) is 8.32. The Balaban J connectivity index is 1.74. The van der Waals surface area contributed by atoms with Gasteiger partial charge in [0.25, 0.3) is 0 Å². The van der Waals surface area contributed by atoms with Crippen LogP contribution in [0.25, 0.3) is 0 Å². The Morgan fingerprint density at radius 2 is 1.95 bits per heavy atom. The number of fused-ring (bicyclic) bond motifs is 1. The highest BCUT2D eigenvalue weighted by molar-refractivity contribution is 6.03. The summed E-state index contributed by atoms with van der Waals surface area (Å²) in [6.45, 7) is 0. The van der Waals surface area contributed by atoms with Crippen molar-refractivity contribution in [2.75, 3.05) is 11.9 Å². The summed E-state index contributed by atoms with van der Waals surface area (Å²) >= 11 is 0. The molecule has 0 unspecified atom stereocenters. The minimum atomic E-state index is -0.390. The summed E-state index contributed by atoms with van der Waals surface area (Å²) in [7, 11) is 1.63. The lowest BCUT2D eigenvalue weighted by Gasteiger charge is -2.25. The Labute approximate surface area is 131 Å². The van der Waals surface area contributed by atoms with Crippen molar-refractivity contribution in [1.29, 1.82) is 0 Å². The van der Waals surface area contributed by atoms with Crippen molar-refractivity contribution >= 4 is 17.5 Å². The molecule has 1 atom stereocenters. The first kappa shape index (κ1) is 15.1. The number of carbonyl (C=O) groups excluding carboxylic acids is 2. The van der Waals surface area contributed by atoms with Crippen LogP contribution < -0.4 is 10.2 Å². The van der Waals surface area contributed by atoms with E-state index >= 15 is 0 Å². The number of rotatable bonds is 4. The topological polar surface area (TPSA) is 49.4 Å². The fourth-order valence-corrected chi connectivity index (χ4v) is 3.82. The number of anilines is 1. The second-order valence-corrected chi connectivity index (χ2v) is 6.42. The second-order valence-electron chi connectivity index (χ2n) is 6.42. The minimum Gasteiger partial charge on any atom is -0.357 e. The van der Waals surface area contributed by atoms with E-state index in [1.807, 2.05) is 24.3 Å². The quantitative estimate of drug-likeness (QED) is 0.929. The van der Waals surface area contributed by atoms with E-state index in [4.69, 9.17) is 0 Å². The molecule has 0 radical (unpaired) electrons. The van der Waals surface area contributed by atoms with Crippen molar-refractivity contribution < 1.29 is 9.59 Å². The lowest BCUT2D eigenvalue weighted by molar-refractivity contribution is -0.126. The highest BCUT2D eigenvalue weighted by Gasteiger charge is 2.37. The van der Waals surface area contributed by atoms with Gasteiger partial charge in [-0.2, -0.15) is 0 Å². The van der Waals surface area contributed by atoms with Crippen molar-refractivity contribution in [3.63, 3.8) is 0 Å². The van der Waals surface area contributed by atoms with Crippen LogP contribution in [0.2, 0.25) is 0 Å². The molecule has 2 amide bonds. The predicted molar refractivity (Wildman–Crippen MR) is 86.7 cm³/mol. The number of hydrogen-bond donors (Lipinski definition) is 1. The monoisotopic (exact) mass is 300 g/mol. The van der Waals surface area contributed by atoms with Crippen LogP contribution in [0.4, 0.5) is 5.69 Å². The van der Waals surface area contributed by atoms with E-state index in [9.17, 15) is 9.59 Å². The number of para-hydroxylation sites is 1. The summed E-state index contributed by atoms with van der Waals surface area (Å²) in [4.78, 5) is 26.6. The highest BCUT2D eigenvalue weighted by atomic mass is 16.2. The van der Waals surface area contributed by atoms with Crippen LogP contribution in [0.1, 0.15) is 44.1 Å². The third-order valence-corrected chi connectivity index (χ3v) is 5.04. The Morgan fingerprint density at radius 1 is 1.23 bits per heavy atom. The van der Waals surface area contributed by atoms with Crippen LogP contribution in [0, 0.1) is 5.92 Å². The molecule has 1 N–H and O–H groups in total. The first-order valence-electron chi connectivity index (χ1n) is 8.32. The molecule has 3 rings (SSSR count). The lowest BCUT2D eigenvalue weighted by atomic mass is 10.0. The number of amides is 2. The molecular weight excluding hydrogens is 276 g/mol. The molecule has 4 heteroatoms. The maximum absolute atomic E-state index is 12.7. The molecule has 1 fully saturated rings. The molecule has 22 heavy (non-hydrogen) atoms. The average Bonchev–Trinajstić information content (AvgIpc) is 3.18. The maximum Gasteiger partial charge on any atom is 0.243 e. The zero-order valence-corrected chi connectivity index (χ0v) is 13.2. The Morgan fingerprint density at radius 3 is 2.68 bits per heavy atom. The third-order valence-electron chi connectivity index (χ3n) is 5.04. The molecule has 1 aromatic carbocycles. The smallest absolute Gasteiger partial charge is 0.243 e. The van der Waals surface area contributed by atoms with Gasteiger partial charge < -0.3 is 5.32 Å². The first-order chi connectivity index (χ1) is 10.7. The van der Waals surface area contributed by atoms with E-state index in [0.29, 0.717) is 18.8 Å². The Hall–Kier alpha value is -1.84. The summed E-state index contributed by atoms with van der Waals surface area (Å²) in [5, 5.41) is 2.69. The molecule has 0 bridgehead atoms. The molecule has 1 heterocycles. The van der Waals surface area contributed by atoms with Crippen LogP contribution in [-0.2, 0) is 16.0 Å². The van der Waals surface area contributed by atoms with Crippen LogP contribution in [0.15, 0.2) is 24.3 Å². The number of nitrogens with zero attached hydrogens (tertiary/aromatic N) is 1. The van der Waals surface area contributed by atoms with Gasteiger partial charge in [-0.1, -0.05) is 43.9 Å². The van der Waals surface area contributed by atoms with E-state index in [1.165, 1.54) is 25.7 Å². The van der Waals surface area contributed by atoms with E-state index < -0.39 is 6.04 Å². The number of hydrogen-bond acceptors (Lipinski definition) is 2. The molecule has 118 valence electrons. The number of carbonyl (C=O) groups is 2. The van der Waals surface area contributed by atoms with Crippen LogP contribution in [-0.4, -0.2) is 24.9 Å². The fraction of sp³-hybridized carbons (Fsp3) is 0.556. The molecule has 4 nitrogen and oxygen atoms in total. The van der Waals surface area contributed by atoms with Gasteiger partial charge in [0.15, 0.2) is 0 Å². The van der Waals surface area contributed by atoms with E-state index in [1.54, 1.807) is 11.9 Å². The van der Waals surface area contributed by atoms with E-state index in [-0.39, 0.29) is 11.8 Å². The van der Waals surface area contributed by atoms with Crippen molar-refractivity contribution in [1.82, 2.24) is 5.32 Å². The SMILES string of the molecule is CNC(=O)[C@@H]1Cc2ccccc2N1C(=O)CCC1CCCC1. The summed E-state index contributed by atoms with van der Waals surface area (Å²) in [5.74, 6) is 0.705. The van der Waals surface area contributed by atoms with Gasteiger partial charge >= 0.3 is 0 Å². The van der Waals surface area contributed by atoms with Gasteiger partial charge in [0.05, 0.1) is 0 Å².